The minimum absolute atomic E-state index is 0.0166. The van der Waals surface area contributed by atoms with Crippen molar-refractivity contribution in [3.8, 4) is 0 Å². The topological polar surface area (TPSA) is 112 Å². The molecule has 0 spiro atoms. The highest BCUT2D eigenvalue weighted by atomic mass is 79.9. The monoisotopic (exact) mass is 582 g/mol. The molecular weight excluding hydrogens is 552 g/mol. The predicted octanol–water partition coefficient (Wildman–Crippen LogP) is 3.88. The van der Waals surface area contributed by atoms with Crippen molar-refractivity contribution in [2.45, 2.75) is 63.4 Å². The number of hydrogen-bond acceptors (Lipinski definition) is 7. The van der Waals surface area contributed by atoms with Crippen LogP contribution in [0.25, 0.3) is 0 Å². The highest BCUT2D eigenvalue weighted by Crippen LogP contribution is 2.32. The Kier molecular flexibility index (Phi) is 9.13. The second-order valence-corrected chi connectivity index (χ2v) is 11.6. The van der Waals surface area contributed by atoms with E-state index in [0.717, 1.165) is 29.1 Å². The summed E-state index contributed by atoms with van der Waals surface area (Å²) in [6.45, 7) is 2.45. The smallest absolute Gasteiger partial charge is 0.340 e. The quantitative estimate of drug-likeness (QED) is 0.434. The summed E-state index contributed by atoms with van der Waals surface area (Å²) in [5.74, 6) is -1.47. The van der Waals surface area contributed by atoms with Gasteiger partial charge in [-0.15, -0.1) is 0 Å². The number of hydrogen-bond donors (Lipinski definition) is 0. The highest BCUT2D eigenvalue weighted by Gasteiger charge is 2.34. The number of methoxy groups -OCH3 is 2. The first-order valence-electron chi connectivity index (χ1n) is 11.7. The minimum Gasteiger partial charge on any atom is -0.468 e. The Morgan fingerprint density at radius 1 is 1.06 bits per heavy atom. The largest absolute Gasteiger partial charge is 0.468 e. The molecule has 0 unspecified atom stereocenters. The van der Waals surface area contributed by atoms with Gasteiger partial charge in [-0.2, -0.15) is 4.31 Å². The molecule has 1 heterocycles. The molecule has 11 heteroatoms. The van der Waals surface area contributed by atoms with Crippen LogP contribution in [0, 0.1) is 13.8 Å². The molecule has 0 saturated heterocycles. The summed E-state index contributed by atoms with van der Waals surface area (Å²) in [4.78, 5) is 38.7. The van der Waals surface area contributed by atoms with Gasteiger partial charge in [-0.25, -0.2) is 13.2 Å². The second kappa shape index (κ2) is 11.7. The fourth-order valence-corrected chi connectivity index (χ4v) is 6.28. The Bertz CT molecular complexity index is 1300. The maximum absolute atomic E-state index is 13.7. The molecule has 1 fully saturated rings. The van der Waals surface area contributed by atoms with Gasteiger partial charge in [-0.3, -0.25) is 9.59 Å². The molecule has 1 aromatic heterocycles. The van der Waals surface area contributed by atoms with Gasteiger partial charge in [-0.05, 0) is 60.3 Å². The van der Waals surface area contributed by atoms with Crippen LogP contribution in [0.15, 0.2) is 38.4 Å². The molecule has 36 heavy (non-hydrogen) atoms. The summed E-state index contributed by atoms with van der Waals surface area (Å²) in [5.41, 5.74) is 1.16. The number of nitrogens with zero attached hydrogens (tertiary/aromatic N) is 2. The fraction of sp³-hybridized carbons (Fsp3) is 0.480. The van der Waals surface area contributed by atoms with Crippen LogP contribution in [0.2, 0.25) is 0 Å². The van der Waals surface area contributed by atoms with Gasteiger partial charge in [0.2, 0.25) is 10.0 Å². The number of sulfonamides is 1. The number of halogens is 1. The van der Waals surface area contributed by atoms with Crippen LogP contribution in [0.3, 0.4) is 0 Å². The van der Waals surface area contributed by atoms with Gasteiger partial charge in [0.05, 0.1) is 41.4 Å². The lowest BCUT2D eigenvalue weighted by molar-refractivity contribution is -0.140. The van der Waals surface area contributed by atoms with Crippen LogP contribution < -0.4 is 5.56 Å². The lowest BCUT2D eigenvalue weighted by Crippen LogP contribution is -2.40. The van der Waals surface area contributed by atoms with Crippen molar-refractivity contribution in [2.24, 2.45) is 0 Å². The highest BCUT2D eigenvalue weighted by molar-refractivity contribution is 9.10. The number of benzene rings is 1. The van der Waals surface area contributed by atoms with E-state index in [0.29, 0.717) is 18.4 Å². The van der Waals surface area contributed by atoms with Gasteiger partial charge >= 0.3 is 11.9 Å². The molecule has 1 aromatic carbocycles. The van der Waals surface area contributed by atoms with Crippen molar-refractivity contribution in [2.75, 3.05) is 20.8 Å². The third-order valence-electron chi connectivity index (χ3n) is 6.54. The molecule has 0 amide bonds. The third kappa shape index (κ3) is 5.73. The average molecular weight is 584 g/mol. The lowest BCUT2D eigenvalue weighted by atomic mass is 9.94. The molecular formula is C25H31BrN2O7S. The van der Waals surface area contributed by atoms with Gasteiger partial charge in [0, 0.05) is 6.04 Å². The van der Waals surface area contributed by atoms with E-state index in [-0.39, 0.29) is 32.2 Å². The summed E-state index contributed by atoms with van der Waals surface area (Å²) in [5, 5.41) is 0. The third-order valence-corrected chi connectivity index (χ3v) is 9.28. The van der Waals surface area contributed by atoms with Crippen molar-refractivity contribution in [1.29, 1.82) is 0 Å². The lowest BCUT2D eigenvalue weighted by Gasteiger charge is -2.31. The first-order valence-corrected chi connectivity index (χ1v) is 13.9. The Morgan fingerprint density at radius 3 is 2.22 bits per heavy atom. The molecule has 3 rings (SSSR count). The number of carbonyl (C=O) groups excluding carboxylic acids is 2. The van der Waals surface area contributed by atoms with Gasteiger partial charge in [0.15, 0.2) is 0 Å². The van der Waals surface area contributed by atoms with Crippen LogP contribution in [-0.4, -0.2) is 50.0 Å². The summed E-state index contributed by atoms with van der Waals surface area (Å²) >= 11 is 3.33. The normalized spacial score (nSPS) is 14.6. The second-order valence-electron chi connectivity index (χ2n) is 8.88. The van der Waals surface area contributed by atoms with E-state index < -0.39 is 35.1 Å². The summed E-state index contributed by atoms with van der Waals surface area (Å²) in [6.07, 6.45) is 4.27. The molecule has 1 aliphatic rings. The first kappa shape index (κ1) is 28.1. The number of carbonyl (C=O) groups is 2. The summed E-state index contributed by atoms with van der Waals surface area (Å²) < 4.78 is 39.8. The Balaban J connectivity index is 2.27. The standard InChI is InChI=1S/C25H31BrN2O7S/c1-16-10-12-19(13-11-16)36(32,33)27(15-21(29)34-3)14-20-22(25(31)35-4)17(2)23(26)24(30)28(20)18-8-6-5-7-9-18/h10-13,18H,5-9,14-15H2,1-4H3. The number of aryl methyl sites for hydroxylation is 1. The molecule has 0 radical (unpaired) electrons. The van der Waals surface area contributed by atoms with E-state index in [4.69, 9.17) is 9.47 Å². The van der Waals surface area contributed by atoms with Crippen LogP contribution >= 0.6 is 15.9 Å². The van der Waals surface area contributed by atoms with Crippen molar-refractivity contribution in [3.63, 3.8) is 0 Å². The summed E-state index contributed by atoms with van der Waals surface area (Å²) in [7, 11) is -1.81. The van der Waals surface area contributed by atoms with Gasteiger partial charge in [0.1, 0.15) is 6.54 Å². The molecule has 0 aliphatic heterocycles. The van der Waals surface area contributed by atoms with Crippen molar-refractivity contribution in [1.82, 2.24) is 8.87 Å². The Hall–Kier alpha value is -2.50. The van der Waals surface area contributed by atoms with Gasteiger partial charge in [-0.1, -0.05) is 37.0 Å². The van der Waals surface area contributed by atoms with Gasteiger partial charge in [0.25, 0.3) is 5.56 Å². The molecule has 196 valence electrons. The molecule has 0 bridgehead atoms. The zero-order valence-electron chi connectivity index (χ0n) is 20.9. The molecule has 1 saturated carbocycles. The average Bonchev–Trinajstić information content (AvgIpc) is 2.87. The predicted molar refractivity (Wildman–Crippen MR) is 137 cm³/mol. The Labute approximate surface area is 219 Å². The zero-order valence-corrected chi connectivity index (χ0v) is 23.3. The van der Waals surface area contributed by atoms with Crippen LogP contribution in [0.1, 0.15) is 65.3 Å². The van der Waals surface area contributed by atoms with Crippen LogP contribution in [0.4, 0.5) is 0 Å². The van der Waals surface area contributed by atoms with Gasteiger partial charge < -0.3 is 14.0 Å². The Morgan fingerprint density at radius 2 is 1.67 bits per heavy atom. The molecule has 1 aliphatic carbocycles. The maximum Gasteiger partial charge on any atom is 0.340 e. The first-order chi connectivity index (χ1) is 17.0. The van der Waals surface area contributed by atoms with E-state index in [9.17, 15) is 22.8 Å². The summed E-state index contributed by atoms with van der Waals surface area (Å²) in [6, 6.07) is 6.01. The SMILES string of the molecule is COC(=O)CN(Cc1c(C(=O)OC)c(C)c(Br)c(=O)n1C1CCCCC1)S(=O)(=O)c1ccc(C)cc1. The molecule has 0 N–H and O–H groups in total. The minimum atomic E-state index is -4.20. The van der Waals surface area contributed by atoms with E-state index in [1.165, 1.54) is 30.9 Å². The van der Waals surface area contributed by atoms with E-state index in [2.05, 4.69) is 15.9 Å². The van der Waals surface area contributed by atoms with Crippen molar-refractivity contribution < 1.29 is 27.5 Å². The molecule has 0 atom stereocenters. The zero-order chi connectivity index (χ0) is 26.6. The number of esters is 2. The van der Waals surface area contributed by atoms with Crippen molar-refractivity contribution in [3.05, 3.63) is 61.5 Å². The number of aromatic nitrogens is 1. The maximum atomic E-state index is 13.7. The fourth-order valence-electron chi connectivity index (χ4n) is 4.55. The van der Waals surface area contributed by atoms with Crippen LogP contribution in [0.5, 0.6) is 0 Å². The van der Waals surface area contributed by atoms with Crippen molar-refractivity contribution >= 4 is 37.9 Å². The van der Waals surface area contributed by atoms with Crippen LogP contribution in [-0.2, 0) is 30.8 Å². The number of ether oxygens (including phenoxy) is 2. The van der Waals surface area contributed by atoms with E-state index in [1.54, 1.807) is 19.1 Å². The number of rotatable bonds is 8. The van der Waals surface area contributed by atoms with E-state index in [1.807, 2.05) is 6.92 Å². The molecule has 9 nitrogen and oxygen atoms in total. The van der Waals surface area contributed by atoms with E-state index >= 15 is 0 Å². The molecule has 2 aromatic rings. The number of pyridine rings is 1.